The number of hydrogen-bond acceptors (Lipinski definition) is 2. The molecule has 16 heavy (non-hydrogen) atoms. The van der Waals surface area contributed by atoms with E-state index in [0.29, 0.717) is 5.69 Å². The van der Waals surface area contributed by atoms with Crippen LogP contribution >= 0.6 is 0 Å². The van der Waals surface area contributed by atoms with Crippen LogP contribution in [0.2, 0.25) is 0 Å². The Morgan fingerprint density at radius 1 is 1.38 bits per heavy atom. The summed E-state index contributed by atoms with van der Waals surface area (Å²) < 4.78 is 2.02. The topological polar surface area (TPSA) is 68.2 Å². The summed E-state index contributed by atoms with van der Waals surface area (Å²) in [6.45, 7) is 3.99. The number of carboxylic acid groups (broad SMARTS) is 1. The van der Waals surface area contributed by atoms with Crippen molar-refractivity contribution in [1.82, 2.24) is 4.57 Å². The number of anilines is 1. The molecule has 0 spiro atoms. The van der Waals surface area contributed by atoms with Crippen LogP contribution in [0.15, 0.2) is 12.1 Å². The van der Waals surface area contributed by atoms with Gasteiger partial charge in [0.25, 0.3) is 0 Å². The first-order chi connectivity index (χ1) is 7.43. The monoisotopic (exact) mass is 218 g/mol. The molecule has 4 nitrogen and oxygen atoms in total. The van der Waals surface area contributed by atoms with Crippen molar-refractivity contribution in [3.05, 3.63) is 29.0 Å². The van der Waals surface area contributed by atoms with Gasteiger partial charge < -0.3 is 15.4 Å². The summed E-state index contributed by atoms with van der Waals surface area (Å²) in [5, 5.41) is 9.96. The number of nitrogens with zero attached hydrogens (tertiary/aromatic N) is 1. The molecule has 3 N–H and O–H groups in total. The van der Waals surface area contributed by atoms with E-state index in [1.54, 1.807) is 12.1 Å². The predicted octanol–water partition coefficient (Wildman–Crippen LogP) is 2.08. The molecule has 0 atom stereocenters. The first-order valence-electron chi connectivity index (χ1n) is 5.02. The van der Waals surface area contributed by atoms with Crippen LogP contribution in [0.5, 0.6) is 0 Å². The third kappa shape index (κ3) is 1.26. The van der Waals surface area contributed by atoms with Gasteiger partial charge in [0.2, 0.25) is 0 Å². The van der Waals surface area contributed by atoms with Crippen molar-refractivity contribution in [1.29, 1.82) is 0 Å². The van der Waals surface area contributed by atoms with Crippen molar-refractivity contribution >= 4 is 22.6 Å². The van der Waals surface area contributed by atoms with Crippen LogP contribution in [0.1, 0.15) is 21.6 Å². The Hall–Kier alpha value is -1.97. The maximum Gasteiger partial charge on any atom is 0.337 e. The number of nitrogens with two attached hydrogens (primary N) is 1. The second-order valence-corrected chi connectivity index (χ2v) is 4.03. The molecule has 1 aromatic heterocycles. The Balaban J connectivity index is 2.90. The van der Waals surface area contributed by atoms with Crippen molar-refractivity contribution in [3.8, 4) is 0 Å². The third-order valence-electron chi connectivity index (χ3n) is 3.21. The molecule has 0 saturated heterocycles. The highest BCUT2D eigenvalue weighted by molar-refractivity contribution is 6.00. The van der Waals surface area contributed by atoms with Gasteiger partial charge in [0.1, 0.15) is 0 Å². The minimum atomic E-state index is -0.986. The Morgan fingerprint density at radius 2 is 2.00 bits per heavy atom. The van der Waals surface area contributed by atoms with Gasteiger partial charge in [-0.3, -0.25) is 0 Å². The second-order valence-electron chi connectivity index (χ2n) is 4.03. The largest absolute Gasteiger partial charge is 0.478 e. The highest BCUT2D eigenvalue weighted by Gasteiger charge is 2.14. The summed E-state index contributed by atoms with van der Waals surface area (Å²) in [4.78, 5) is 11.0. The van der Waals surface area contributed by atoms with E-state index in [-0.39, 0.29) is 5.56 Å². The quantitative estimate of drug-likeness (QED) is 0.720. The van der Waals surface area contributed by atoms with Gasteiger partial charge in [-0.25, -0.2) is 4.79 Å². The van der Waals surface area contributed by atoms with Crippen LogP contribution in [0.25, 0.3) is 10.9 Å². The van der Waals surface area contributed by atoms with E-state index in [4.69, 9.17) is 10.8 Å². The molecule has 0 aliphatic rings. The standard InChI is InChI=1S/C12H14N2O2/c1-6-7(2)14(3)11-5-10(13)9(12(15)16)4-8(6)11/h4-5H,13H2,1-3H3,(H,15,16). The number of aryl methyl sites for hydroxylation is 2. The van der Waals surface area contributed by atoms with Gasteiger partial charge in [0.05, 0.1) is 11.1 Å². The van der Waals surface area contributed by atoms with Crippen LogP contribution in [0.3, 0.4) is 0 Å². The average molecular weight is 218 g/mol. The first-order valence-corrected chi connectivity index (χ1v) is 5.02. The van der Waals surface area contributed by atoms with Crippen LogP contribution in [0.4, 0.5) is 5.69 Å². The molecule has 0 aliphatic carbocycles. The zero-order valence-corrected chi connectivity index (χ0v) is 9.53. The van der Waals surface area contributed by atoms with E-state index < -0.39 is 5.97 Å². The van der Waals surface area contributed by atoms with Gasteiger partial charge in [0, 0.05) is 23.8 Å². The maximum atomic E-state index is 11.0. The molecule has 0 aliphatic heterocycles. The summed E-state index contributed by atoms with van der Waals surface area (Å²) in [6, 6.07) is 3.37. The van der Waals surface area contributed by atoms with Crippen molar-refractivity contribution in [3.63, 3.8) is 0 Å². The van der Waals surface area contributed by atoms with Gasteiger partial charge in [-0.05, 0) is 31.5 Å². The minimum Gasteiger partial charge on any atom is -0.478 e. The molecule has 1 aromatic carbocycles. The van der Waals surface area contributed by atoms with E-state index in [1.807, 2.05) is 25.5 Å². The van der Waals surface area contributed by atoms with Crippen LogP contribution in [-0.2, 0) is 7.05 Å². The Kier molecular flexibility index (Phi) is 2.15. The molecule has 0 saturated carbocycles. The molecular weight excluding hydrogens is 204 g/mol. The third-order valence-corrected chi connectivity index (χ3v) is 3.21. The molecule has 2 rings (SSSR count). The van der Waals surface area contributed by atoms with Crippen molar-refractivity contribution in [2.24, 2.45) is 7.05 Å². The minimum absolute atomic E-state index is 0.168. The lowest BCUT2D eigenvalue weighted by Crippen LogP contribution is -2.02. The number of aromatic carboxylic acids is 1. The average Bonchev–Trinajstić information content (AvgIpc) is 2.43. The fraction of sp³-hybridized carbons (Fsp3) is 0.250. The van der Waals surface area contributed by atoms with Crippen molar-refractivity contribution < 1.29 is 9.90 Å². The summed E-state index contributed by atoms with van der Waals surface area (Å²) in [7, 11) is 1.95. The van der Waals surface area contributed by atoms with Gasteiger partial charge in [-0.15, -0.1) is 0 Å². The van der Waals surface area contributed by atoms with E-state index in [9.17, 15) is 4.79 Å². The number of benzene rings is 1. The molecule has 4 heteroatoms. The molecule has 0 unspecified atom stereocenters. The fourth-order valence-corrected chi connectivity index (χ4v) is 1.99. The van der Waals surface area contributed by atoms with Crippen LogP contribution in [-0.4, -0.2) is 15.6 Å². The predicted molar refractivity (Wildman–Crippen MR) is 63.8 cm³/mol. The highest BCUT2D eigenvalue weighted by atomic mass is 16.4. The normalized spacial score (nSPS) is 10.9. The zero-order chi connectivity index (χ0) is 12.0. The van der Waals surface area contributed by atoms with Crippen molar-refractivity contribution in [2.45, 2.75) is 13.8 Å². The Bertz CT molecular complexity index is 597. The van der Waals surface area contributed by atoms with E-state index in [0.717, 1.165) is 22.2 Å². The lowest BCUT2D eigenvalue weighted by molar-refractivity contribution is 0.0698. The number of carbonyl (C=O) groups is 1. The smallest absolute Gasteiger partial charge is 0.337 e. The van der Waals surface area contributed by atoms with Gasteiger partial charge in [0.15, 0.2) is 0 Å². The SMILES string of the molecule is Cc1c(C)n(C)c2cc(N)c(C(=O)O)cc12. The number of carboxylic acids is 1. The molecule has 0 fully saturated rings. The van der Waals surface area contributed by atoms with Crippen LogP contribution in [0, 0.1) is 13.8 Å². The molecule has 0 amide bonds. The summed E-state index contributed by atoms with van der Waals surface area (Å²) in [5.74, 6) is -0.986. The molecule has 84 valence electrons. The fourth-order valence-electron chi connectivity index (χ4n) is 1.99. The first kappa shape index (κ1) is 10.5. The number of aromatic nitrogens is 1. The number of hydrogen-bond donors (Lipinski definition) is 2. The molecule has 0 radical (unpaired) electrons. The second kappa shape index (κ2) is 3.27. The number of fused-ring (bicyclic) bond motifs is 1. The zero-order valence-electron chi connectivity index (χ0n) is 9.53. The van der Waals surface area contributed by atoms with Crippen LogP contribution < -0.4 is 5.73 Å². The molecular formula is C12H14N2O2. The molecule has 0 bridgehead atoms. The summed E-state index contributed by atoms with van der Waals surface area (Å²) in [6.07, 6.45) is 0. The highest BCUT2D eigenvalue weighted by Crippen LogP contribution is 2.28. The van der Waals surface area contributed by atoms with Gasteiger partial charge in [-0.1, -0.05) is 0 Å². The Labute approximate surface area is 93.3 Å². The van der Waals surface area contributed by atoms with E-state index in [1.165, 1.54) is 0 Å². The summed E-state index contributed by atoms with van der Waals surface area (Å²) in [5.41, 5.74) is 9.38. The van der Waals surface area contributed by atoms with E-state index >= 15 is 0 Å². The lowest BCUT2D eigenvalue weighted by atomic mass is 10.1. The van der Waals surface area contributed by atoms with Gasteiger partial charge >= 0.3 is 5.97 Å². The molecule has 2 aromatic rings. The maximum absolute atomic E-state index is 11.0. The number of nitrogen functional groups attached to an aromatic ring is 1. The Morgan fingerprint density at radius 3 is 2.56 bits per heavy atom. The molecule has 1 heterocycles. The lowest BCUT2D eigenvalue weighted by Gasteiger charge is -2.03. The summed E-state index contributed by atoms with van der Waals surface area (Å²) >= 11 is 0. The number of rotatable bonds is 1. The van der Waals surface area contributed by atoms with Gasteiger partial charge in [-0.2, -0.15) is 0 Å². The van der Waals surface area contributed by atoms with E-state index in [2.05, 4.69) is 0 Å². The van der Waals surface area contributed by atoms with Crippen molar-refractivity contribution in [2.75, 3.05) is 5.73 Å².